The molecule has 3 aromatic carbocycles. The monoisotopic (exact) mass is 563 g/mol. The van der Waals surface area contributed by atoms with Crippen molar-refractivity contribution in [1.82, 2.24) is 15.1 Å². The fourth-order valence-corrected chi connectivity index (χ4v) is 6.14. The molecular formula is C32H35F2N3O4. The summed E-state index contributed by atoms with van der Waals surface area (Å²) in [6, 6.07) is 22.4. The number of hydrogen-bond acceptors (Lipinski definition) is 6. The van der Waals surface area contributed by atoms with Crippen LogP contribution in [-0.2, 0) is 20.6 Å². The van der Waals surface area contributed by atoms with E-state index < -0.39 is 28.8 Å². The standard InChI is InChI=1S/C32H35F2N3O4/c1-40-30(39)35-31(25-10-6-3-7-11-25)14-16-37(17-15-31)32(23-36-18-20-41-21-19-36,26-12-13-27(33)28(34)22-26)29(38)24-8-4-2-5-9-24/h2-13,22H,14-21,23H2,1H3,(H,35,39). The highest BCUT2D eigenvalue weighted by Gasteiger charge is 2.51. The number of halogens is 2. The first-order chi connectivity index (χ1) is 19.9. The Morgan fingerprint density at radius 3 is 2.15 bits per heavy atom. The summed E-state index contributed by atoms with van der Waals surface area (Å²) < 4.78 is 39.6. The number of morpholine rings is 1. The third kappa shape index (κ3) is 5.88. The Hall–Kier alpha value is -3.66. The molecule has 1 unspecified atom stereocenters. The van der Waals surface area contributed by atoms with Crippen molar-refractivity contribution in [2.45, 2.75) is 23.9 Å². The molecule has 1 amide bonds. The highest BCUT2D eigenvalue weighted by molar-refractivity contribution is 6.04. The fraction of sp³-hybridized carbons (Fsp3) is 0.375. The van der Waals surface area contributed by atoms with Gasteiger partial charge in [-0.05, 0) is 36.1 Å². The van der Waals surface area contributed by atoms with Crippen molar-refractivity contribution in [2.75, 3.05) is 53.0 Å². The molecule has 1 N–H and O–H groups in total. The molecule has 3 aromatic rings. The molecule has 9 heteroatoms. The van der Waals surface area contributed by atoms with Gasteiger partial charge in [-0.2, -0.15) is 0 Å². The number of amides is 1. The van der Waals surface area contributed by atoms with Crippen LogP contribution in [0.4, 0.5) is 13.6 Å². The van der Waals surface area contributed by atoms with Crippen LogP contribution in [0.2, 0.25) is 0 Å². The number of likely N-dealkylation sites (tertiary alicyclic amines) is 1. The van der Waals surface area contributed by atoms with E-state index in [0.29, 0.717) is 63.4 Å². The van der Waals surface area contributed by atoms with Gasteiger partial charge in [0.25, 0.3) is 0 Å². The maximum Gasteiger partial charge on any atom is 0.407 e. The lowest BCUT2D eigenvalue weighted by molar-refractivity contribution is -0.0174. The summed E-state index contributed by atoms with van der Waals surface area (Å²) in [5.74, 6) is -2.16. The molecule has 0 saturated carbocycles. The quantitative estimate of drug-likeness (QED) is 0.400. The van der Waals surface area contributed by atoms with Crippen LogP contribution in [0.1, 0.15) is 34.3 Å². The zero-order valence-corrected chi connectivity index (χ0v) is 23.2. The summed E-state index contributed by atoms with van der Waals surface area (Å²) >= 11 is 0. The van der Waals surface area contributed by atoms with Crippen LogP contribution in [0.25, 0.3) is 0 Å². The Bertz CT molecular complexity index is 1340. The number of nitrogens with zero attached hydrogens (tertiary/aromatic N) is 2. The average molecular weight is 564 g/mol. The summed E-state index contributed by atoms with van der Waals surface area (Å²) in [7, 11) is 1.33. The van der Waals surface area contributed by atoms with Crippen LogP contribution >= 0.6 is 0 Å². The molecular weight excluding hydrogens is 528 g/mol. The number of carbonyl (C=O) groups is 2. The van der Waals surface area contributed by atoms with E-state index in [-0.39, 0.29) is 12.3 Å². The van der Waals surface area contributed by atoms with Crippen molar-refractivity contribution in [3.63, 3.8) is 0 Å². The number of ketones is 1. The highest BCUT2D eigenvalue weighted by atomic mass is 19.2. The second kappa shape index (κ2) is 12.5. The van der Waals surface area contributed by atoms with Crippen molar-refractivity contribution in [3.05, 3.63) is 107 Å². The van der Waals surface area contributed by atoms with E-state index in [1.54, 1.807) is 24.3 Å². The van der Waals surface area contributed by atoms with Gasteiger partial charge in [0.05, 0.1) is 25.9 Å². The summed E-state index contributed by atoms with van der Waals surface area (Å²) in [5.41, 5.74) is -0.227. The van der Waals surface area contributed by atoms with E-state index in [2.05, 4.69) is 15.1 Å². The molecule has 0 aromatic heterocycles. The number of alkyl carbamates (subject to hydrolysis) is 1. The molecule has 5 rings (SSSR count). The first kappa shape index (κ1) is 28.9. The van der Waals surface area contributed by atoms with Gasteiger partial charge in [0.15, 0.2) is 17.4 Å². The zero-order valence-electron chi connectivity index (χ0n) is 23.2. The number of Topliss-reactive ketones (excluding diaryl/α,β-unsaturated/α-hetero) is 1. The largest absolute Gasteiger partial charge is 0.453 e. The van der Waals surface area contributed by atoms with Crippen molar-refractivity contribution < 1.29 is 27.8 Å². The van der Waals surface area contributed by atoms with Gasteiger partial charge in [0.2, 0.25) is 0 Å². The molecule has 2 heterocycles. The van der Waals surface area contributed by atoms with E-state index in [4.69, 9.17) is 9.47 Å². The zero-order chi connectivity index (χ0) is 28.9. The van der Waals surface area contributed by atoms with Gasteiger partial charge < -0.3 is 14.8 Å². The lowest BCUT2D eigenvalue weighted by Crippen LogP contribution is -2.64. The SMILES string of the molecule is COC(=O)NC1(c2ccccc2)CCN(C(CN2CCOCC2)(C(=O)c2ccccc2)c2ccc(F)c(F)c2)CC1. The molecule has 2 saturated heterocycles. The summed E-state index contributed by atoms with van der Waals surface area (Å²) in [4.78, 5) is 31.4. The van der Waals surface area contributed by atoms with Gasteiger partial charge >= 0.3 is 6.09 Å². The molecule has 0 bridgehead atoms. The predicted molar refractivity (Wildman–Crippen MR) is 151 cm³/mol. The van der Waals surface area contributed by atoms with E-state index in [1.165, 1.54) is 13.2 Å². The van der Waals surface area contributed by atoms with Gasteiger partial charge in [0.1, 0.15) is 5.54 Å². The second-order valence-electron chi connectivity index (χ2n) is 10.6. The fourth-order valence-electron chi connectivity index (χ4n) is 6.14. The van der Waals surface area contributed by atoms with Crippen LogP contribution in [0.3, 0.4) is 0 Å². The Morgan fingerprint density at radius 2 is 1.54 bits per heavy atom. The van der Waals surface area contributed by atoms with E-state index in [0.717, 1.165) is 17.7 Å². The number of hydrogen-bond donors (Lipinski definition) is 1. The smallest absolute Gasteiger partial charge is 0.407 e. The molecule has 216 valence electrons. The first-order valence-corrected chi connectivity index (χ1v) is 13.9. The Balaban J connectivity index is 1.60. The van der Waals surface area contributed by atoms with Crippen molar-refractivity contribution in [3.8, 4) is 0 Å². The Labute approximate surface area is 239 Å². The summed E-state index contributed by atoms with van der Waals surface area (Å²) in [5, 5.41) is 3.06. The average Bonchev–Trinajstić information content (AvgIpc) is 3.02. The molecule has 0 radical (unpaired) electrons. The van der Waals surface area contributed by atoms with Gasteiger partial charge in [-0.15, -0.1) is 0 Å². The third-order valence-electron chi connectivity index (χ3n) is 8.37. The molecule has 41 heavy (non-hydrogen) atoms. The lowest BCUT2D eigenvalue weighted by atomic mass is 9.75. The number of rotatable bonds is 8. The molecule has 2 aliphatic heterocycles. The van der Waals surface area contributed by atoms with Gasteiger partial charge in [-0.3, -0.25) is 14.6 Å². The van der Waals surface area contributed by atoms with Crippen molar-refractivity contribution in [1.29, 1.82) is 0 Å². The molecule has 7 nitrogen and oxygen atoms in total. The molecule has 2 aliphatic rings. The van der Waals surface area contributed by atoms with Crippen molar-refractivity contribution >= 4 is 11.9 Å². The number of methoxy groups -OCH3 is 1. The molecule has 0 spiro atoms. The predicted octanol–water partition coefficient (Wildman–Crippen LogP) is 4.72. The van der Waals surface area contributed by atoms with E-state index in [1.807, 2.05) is 36.4 Å². The molecule has 1 atom stereocenters. The number of ether oxygens (including phenoxy) is 2. The Kier molecular flexibility index (Phi) is 8.77. The summed E-state index contributed by atoms with van der Waals surface area (Å²) in [6.07, 6.45) is 0.411. The van der Waals surface area contributed by atoms with Crippen LogP contribution in [0, 0.1) is 11.6 Å². The minimum absolute atomic E-state index is 0.191. The van der Waals surface area contributed by atoms with Gasteiger partial charge in [0, 0.05) is 38.3 Å². The minimum Gasteiger partial charge on any atom is -0.453 e. The lowest BCUT2D eigenvalue weighted by Gasteiger charge is -2.51. The van der Waals surface area contributed by atoms with Crippen molar-refractivity contribution in [2.24, 2.45) is 0 Å². The highest BCUT2D eigenvalue weighted by Crippen LogP contribution is 2.41. The molecule has 2 fully saturated rings. The Morgan fingerprint density at radius 1 is 0.902 bits per heavy atom. The normalized spacial score (nSPS) is 19.2. The topological polar surface area (TPSA) is 71.1 Å². The maximum atomic E-state index is 14.8. The molecule has 0 aliphatic carbocycles. The van der Waals surface area contributed by atoms with E-state index >= 15 is 0 Å². The van der Waals surface area contributed by atoms with Crippen LogP contribution in [0.5, 0.6) is 0 Å². The second-order valence-corrected chi connectivity index (χ2v) is 10.6. The summed E-state index contributed by atoms with van der Waals surface area (Å²) in [6.45, 7) is 3.35. The maximum absolute atomic E-state index is 14.8. The van der Waals surface area contributed by atoms with Crippen LogP contribution < -0.4 is 5.32 Å². The first-order valence-electron chi connectivity index (χ1n) is 13.9. The van der Waals surface area contributed by atoms with Gasteiger partial charge in [-0.1, -0.05) is 66.7 Å². The van der Waals surface area contributed by atoms with E-state index in [9.17, 15) is 18.4 Å². The minimum atomic E-state index is -1.32. The third-order valence-corrected chi connectivity index (χ3v) is 8.37. The van der Waals surface area contributed by atoms with Crippen LogP contribution in [-0.4, -0.2) is 74.7 Å². The number of piperidine rings is 1. The number of benzene rings is 3. The number of carbonyl (C=O) groups excluding carboxylic acids is 2. The number of nitrogens with one attached hydrogen (secondary N) is 1. The van der Waals surface area contributed by atoms with Gasteiger partial charge in [-0.25, -0.2) is 13.6 Å². The van der Waals surface area contributed by atoms with Crippen LogP contribution in [0.15, 0.2) is 78.9 Å².